The van der Waals surface area contributed by atoms with Crippen LogP contribution in [0.4, 0.5) is 0 Å². The van der Waals surface area contributed by atoms with E-state index in [2.05, 4.69) is 32.9 Å². The van der Waals surface area contributed by atoms with Crippen molar-refractivity contribution in [3.63, 3.8) is 0 Å². The average Bonchev–Trinajstić information content (AvgIpc) is 3.36. The Morgan fingerprint density at radius 3 is 2.66 bits per heavy atom. The van der Waals surface area contributed by atoms with E-state index in [4.69, 9.17) is 9.51 Å². The summed E-state index contributed by atoms with van der Waals surface area (Å²) >= 11 is 0. The summed E-state index contributed by atoms with van der Waals surface area (Å²) in [6.45, 7) is 9.75. The summed E-state index contributed by atoms with van der Waals surface area (Å²) in [6, 6.07) is 5.70. The number of nitrogens with zero attached hydrogens (tertiary/aromatic N) is 5. The van der Waals surface area contributed by atoms with Gasteiger partial charge in [0.1, 0.15) is 6.26 Å². The largest absolute Gasteiger partial charge is 0.364 e. The highest BCUT2D eigenvalue weighted by Crippen LogP contribution is 2.44. The predicted octanol–water partition coefficient (Wildman–Crippen LogP) is 3.48. The first-order valence-corrected chi connectivity index (χ1v) is 11.1. The van der Waals surface area contributed by atoms with Crippen LogP contribution >= 0.6 is 0 Å². The highest BCUT2D eigenvalue weighted by atomic mass is 16.5. The molecule has 0 N–H and O–H groups in total. The number of carbonyl (C=O) groups is 1. The molecule has 6 rings (SSSR count). The lowest BCUT2D eigenvalue weighted by Gasteiger charge is -2.46. The van der Waals surface area contributed by atoms with E-state index < -0.39 is 0 Å². The number of fused-ring (bicyclic) bond motifs is 3. The number of aromatic nitrogens is 4. The number of aryl methyl sites for hydroxylation is 1. The normalized spacial score (nSPS) is 21.1. The summed E-state index contributed by atoms with van der Waals surface area (Å²) in [5.41, 5.74) is 5.15. The van der Waals surface area contributed by atoms with Gasteiger partial charge < -0.3 is 9.42 Å². The Morgan fingerprint density at radius 2 is 2.00 bits per heavy atom. The standard InChI is InChI=1S/C24H29N5O3/c1-14-18-8-6-15(12-28(18)22(30)17-10-11-32-26-17)20(14)16-7-9-19-21(25-16)27(5)23(31)29(19)13-24(2,3)4/h7,9-11,15,18H,6,8,12-13H2,1-5H3. The second kappa shape index (κ2) is 7.18. The van der Waals surface area contributed by atoms with Crippen molar-refractivity contribution in [1.82, 2.24) is 24.2 Å². The molecule has 1 amide bonds. The molecule has 3 aliphatic rings. The van der Waals surface area contributed by atoms with E-state index in [0.29, 0.717) is 24.4 Å². The molecule has 3 aromatic rings. The van der Waals surface area contributed by atoms with Gasteiger partial charge in [-0.25, -0.2) is 9.78 Å². The van der Waals surface area contributed by atoms with Gasteiger partial charge in [-0.3, -0.25) is 13.9 Å². The molecule has 2 aliphatic heterocycles. The Bertz CT molecular complexity index is 1290. The summed E-state index contributed by atoms with van der Waals surface area (Å²) in [5, 5.41) is 3.83. The molecule has 8 nitrogen and oxygen atoms in total. The number of piperidine rings is 1. The lowest BCUT2D eigenvalue weighted by Crippen LogP contribution is -2.51. The van der Waals surface area contributed by atoms with Crippen molar-refractivity contribution < 1.29 is 9.32 Å². The topological polar surface area (TPSA) is 86.2 Å². The molecule has 2 unspecified atom stereocenters. The summed E-state index contributed by atoms with van der Waals surface area (Å²) in [5.74, 6) is 0.131. The zero-order chi connectivity index (χ0) is 22.8. The van der Waals surface area contributed by atoms with Crippen molar-refractivity contribution in [3.05, 3.63) is 51.9 Å². The van der Waals surface area contributed by atoms with Crippen molar-refractivity contribution in [1.29, 1.82) is 0 Å². The summed E-state index contributed by atoms with van der Waals surface area (Å²) < 4.78 is 8.33. The van der Waals surface area contributed by atoms with Crippen LogP contribution in [0, 0.1) is 11.3 Å². The smallest absolute Gasteiger partial charge is 0.330 e. The highest BCUT2D eigenvalue weighted by molar-refractivity contribution is 5.93. The summed E-state index contributed by atoms with van der Waals surface area (Å²) in [7, 11) is 1.78. The number of hydrogen-bond donors (Lipinski definition) is 0. The maximum Gasteiger partial charge on any atom is 0.330 e. The van der Waals surface area contributed by atoms with Gasteiger partial charge >= 0.3 is 5.69 Å². The lowest BCUT2D eigenvalue weighted by atomic mass is 9.74. The van der Waals surface area contributed by atoms with Gasteiger partial charge in [-0.2, -0.15) is 0 Å². The molecular weight excluding hydrogens is 406 g/mol. The Hall–Kier alpha value is -3.16. The molecule has 5 heterocycles. The van der Waals surface area contributed by atoms with Crippen molar-refractivity contribution in [2.45, 2.75) is 53.1 Å². The van der Waals surface area contributed by atoms with Crippen LogP contribution in [-0.2, 0) is 13.6 Å². The van der Waals surface area contributed by atoms with E-state index in [9.17, 15) is 9.59 Å². The van der Waals surface area contributed by atoms with Gasteiger partial charge in [0.25, 0.3) is 5.91 Å². The van der Waals surface area contributed by atoms with E-state index >= 15 is 0 Å². The molecule has 8 heteroatoms. The molecule has 0 aromatic carbocycles. The first-order valence-electron chi connectivity index (χ1n) is 11.1. The minimum absolute atomic E-state index is 0.0156. The Balaban J connectivity index is 1.55. The second-order valence-electron chi connectivity index (χ2n) is 10.3. The van der Waals surface area contributed by atoms with Crippen LogP contribution in [0.2, 0.25) is 0 Å². The predicted molar refractivity (Wildman–Crippen MR) is 121 cm³/mol. The SMILES string of the molecule is CC1=C(c2ccc3c(n2)n(C)c(=O)n3CC(C)(C)C)C2CCC1N(C(=O)c1ccon1)C2. The molecule has 2 bridgehead atoms. The fraction of sp³-hybridized carbons (Fsp3) is 0.500. The van der Waals surface area contributed by atoms with Crippen LogP contribution in [0.5, 0.6) is 0 Å². The molecule has 1 saturated heterocycles. The molecule has 1 aliphatic carbocycles. The zero-order valence-electron chi connectivity index (χ0n) is 19.3. The van der Waals surface area contributed by atoms with Gasteiger partial charge in [0.05, 0.1) is 17.3 Å². The third-order valence-corrected chi connectivity index (χ3v) is 6.72. The number of carbonyl (C=O) groups excluding carboxylic acids is 1. The van der Waals surface area contributed by atoms with Crippen molar-refractivity contribution in [3.8, 4) is 0 Å². The number of amides is 1. The van der Waals surface area contributed by atoms with E-state index in [0.717, 1.165) is 24.1 Å². The molecule has 2 atom stereocenters. The van der Waals surface area contributed by atoms with E-state index in [-0.39, 0.29) is 29.0 Å². The first-order chi connectivity index (χ1) is 15.2. The first kappa shape index (κ1) is 20.7. The van der Waals surface area contributed by atoms with Crippen LogP contribution in [0.25, 0.3) is 16.7 Å². The van der Waals surface area contributed by atoms with Crippen LogP contribution in [0.1, 0.15) is 56.7 Å². The van der Waals surface area contributed by atoms with Crippen LogP contribution in [0.3, 0.4) is 0 Å². The van der Waals surface area contributed by atoms with Gasteiger partial charge in [0, 0.05) is 32.1 Å². The second-order valence-corrected chi connectivity index (χ2v) is 10.3. The maximum atomic E-state index is 12.9. The molecule has 0 spiro atoms. The molecule has 1 fully saturated rings. The van der Waals surface area contributed by atoms with Gasteiger partial charge in [0.15, 0.2) is 11.3 Å². The molecule has 0 radical (unpaired) electrons. The zero-order valence-corrected chi connectivity index (χ0v) is 19.3. The monoisotopic (exact) mass is 435 g/mol. The van der Waals surface area contributed by atoms with Crippen molar-refractivity contribution in [2.75, 3.05) is 6.54 Å². The molecule has 0 saturated carbocycles. The fourth-order valence-electron chi connectivity index (χ4n) is 5.31. The van der Waals surface area contributed by atoms with Crippen LogP contribution in [0.15, 0.2) is 39.4 Å². The molecule has 168 valence electrons. The summed E-state index contributed by atoms with van der Waals surface area (Å²) in [6.07, 6.45) is 3.38. The number of hydrogen-bond acceptors (Lipinski definition) is 5. The highest BCUT2D eigenvalue weighted by Gasteiger charge is 2.42. The lowest BCUT2D eigenvalue weighted by molar-refractivity contribution is 0.0581. The summed E-state index contributed by atoms with van der Waals surface area (Å²) in [4.78, 5) is 32.7. The molecular formula is C24H29N5O3. The molecule has 3 aromatic heterocycles. The third kappa shape index (κ3) is 3.20. The quantitative estimate of drug-likeness (QED) is 0.629. The average molecular weight is 436 g/mol. The fourth-order valence-corrected chi connectivity index (χ4v) is 5.31. The third-order valence-electron chi connectivity index (χ3n) is 6.72. The van der Waals surface area contributed by atoms with E-state index in [1.54, 1.807) is 17.7 Å². The van der Waals surface area contributed by atoms with E-state index in [1.165, 1.54) is 17.4 Å². The Morgan fingerprint density at radius 1 is 1.22 bits per heavy atom. The maximum absolute atomic E-state index is 12.9. The Labute approximate surface area is 186 Å². The van der Waals surface area contributed by atoms with Crippen LogP contribution < -0.4 is 5.69 Å². The van der Waals surface area contributed by atoms with Gasteiger partial charge in [0.2, 0.25) is 0 Å². The minimum atomic E-state index is -0.0862. The number of rotatable bonds is 3. The van der Waals surface area contributed by atoms with Crippen molar-refractivity contribution >= 4 is 22.6 Å². The van der Waals surface area contributed by atoms with Gasteiger partial charge in [-0.1, -0.05) is 25.9 Å². The molecule has 32 heavy (non-hydrogen) atoms. The minimum Gasteiger partial charge on any atom is -0.364 e. The van der Waals surface area contributed by atoms with Crippen LogP contribution in [-0.4, -0.2) is 42.7 Å². The van der Waals surface area contributed by atoms with Gasteiger partial charge in [-0.15, -0.1) is 0 Å². The Kier molecular flexibility index (Phi) is 4.65. The van der Waals surface area contributed by atoms with Crippen molar-refractivity contribution in [2.24, 2.45) is 18.4 Å². The van der Waals surface area contributed by atoms with Gasteiger partial charge in [-0.05, 0) is 48.5 Å². The number of imidazole rings is 1. The number of pyridine rings is 1. The van der Waals surface area contributed by atoms with E-state index in [1.807, 2.05) is 21.6 Å².